The smallest absolute Gasteiger partial charge is 0.269 e. The van der Waals surface area contributed by atoms with Crippen LogP contribution in [-0.2, 0) is 6.42 Å². The van der Waals surface area contributed by atoms with Crippen molar-refractivity contribution in [3.63, 3.8) is 0 Å². The number of rotatable bonds is 3. The van der Waals surface area contributed by atoms with Crippen LogP contribution in [0.4, 0.5) is 5.69 Å². The fraction of sp³-hybridized carbons (Fsp3) is 0.467. The van der Waals surface area contributed by atoms with E-state index in [-0.39, 0.29) is 23.0 Å². The van der Waals surface area contributed by atoms with E-state index in [0.29, 0.717) is 0 Å². The number of halogens is 1. The van der Waals surface area contributed by atoms with Crippen LogP contribution < -0.4 is 0 Å². The Kier molecular flexibility index (Phi) is 4.78. The van der Waals surface area contributed by atoms with Crippen molar-refractivity contribution in [1.82, 2.24) is 4.90 Å². The van der Waals surface area contributed by atoms with E-state index in [1.165, 1.54) is 25.9 Å². The van der Waals surface area contributed by atoms with Gasteiger partial charge < -0.3 is 0 Å². The third-order valence-corrected chi connectivity index (χ3v) is 4.27. The summed E-state index contributed by atoms with van der Waals surface area (Å²) >= 11 is 0. The molecule has 3 fully saturated rings. The van der Waals surface area contributed by atoms with Crippen molar-refractivity contribution in [3.8, 4) is 0 Å². The van der Waals surface area contributed by atoms with E-state index in [4.69, 9.17) is 0 Å². The first kappa shape index (κ1) is 15.0. The number of piperidine rings is 3. The van der Waals surface area contributed by atoms with Crippen LogP contribution in [0.1, 0.15) is 18.4 Å². The van der Waals surface area contributed by atoms with E-state index in [0.717, 1.165) is 24.4 Å². The molecule has 2 bridgehead atoms. The van der Waals surface area contributed by atoms with Gasteiger partial charge in [-0.2, -0.15) is 0 Å². The van der Waals surface area contributed by atoms with Crippen molar-refractivity contribution in [2.75, 3.05) is 19.6 Å². The molecule has 3 aliphatic heterocycles. The molecule has 0 aliphatic carbocycles. The van der Waals surface area contributed by atoms with Gasteiger partial charge in [0, 0.05) is 18.7 Å². The van der Waals surface area contributed by atoms with Crippen molar-refractivity contribution in [2.45, 2.75) is 19.3 Å². The highest BCUT2D eigenvalue weighted by molar-refractivity contribution is 5.85. The molecule has 3 aliphatic rings. The molecular weight excluding hydrogens is 276 g/mol. The summed E-state index contributed by atoms with van der Waals surface area (Å²) in [4.78, 5) is 12.8. The average Bonchev–Trinajstić information content (AvgIpc) is 2.47. The van der Waals surface area contributed by atoms with E-state index >= 15 is 0 Å². The topological polar surface area (TPSA) is 46.4 Å². The number of fused-ring (bicyclic) bond motifs is 3. The second-order valence-electron chi connectivity index (χ2n) is 5.46. The molecule has 0 amide bonds. The van der Waals surface area contributed by atoms with Gasteiger partial charge >= 0.3 is 0 Å². The van der Waals surface area contributed by atoms with Crippen molar-refractivity contribution in [3.05, 3.63) is 51.6 Å². The maximum atomic E-state index is 10.6. The molecule has 0 saturated carbocycles. The number of non-ortho nitro benzene ring substituents is 1. The van der Waals surface area contributed by atoms with Gasteiger partial charge in [-0.3, -0.25) is 15.0 Å². The molecule has 4 rings (SSSR count). The molecule has 0 spiro atoms. The molecule has 0 atom stereocenters. The number of nitrogens with zero attached hydrogens (tertiary/aromatic N) is 2. The third kappa shape index (κ3) is 3.19. The first-order valence-corrected chi connectivity index (χ1v) is 6.87. The normalized spacial score (nSPS) is 26.3. The lowest BCUT2D eigenvalue weighted by Crippen LogP contribution is -2.43. The Bertz CT molecular complexity index is 505. The summed E-state index contributed by atoms with van der Waals surface area (Å²) < 4.78 is 0. The summed E-state index contributed by atoms with van der Waals surface area (Å²) in [5, 5.41) is 10.6. The lowest BCUT2D eigenvalue weighted by Gasteiger charge is -2.41. The van der Waals surface area contributed by atoms with Gasteiger partial charge in [-0.15, -0.1) is 12.4 Å². The number of nitro groups is 1. The van der Waals surface area contributed by atoms with E-state index in [9.17, 15) is 10.1 Å². The van der Waals surface area contributed by atoms with Crippen molar-refractivity contribution >= 4 is 18.1 Å². The van der Waals surface area contributed by atoms with E-state index in [1.807, 2.05) is 12.1 Å². The zero-order chi connectivity index (χ0) is 13.2. The molecule has 0 radical (unpaired) electrons. The fourth-order valence-corrected chi connectivity index (χ4v) is 3.08. The number of allylic oxidation sites excluding steroid dienone is 1. The summed E-state index contributed by atoms with van der Waals surface area (Å²) in [6, 6.07) is 6.89. The zero-order valence-corrected chi connectivity index (χ0v) is 12.1. The van der Waals surface area contributed by atoms with Crippen LogP contribution in [0.25, 0.3) is 0 Å². The molecule has 20 heavy (non-hydrogen) atoms. The number of hydrogen-bond acceptors (Lipinski definition) is 3. The Balaban J connectivity index is 0.00000147. The Morgan fingerprint density at radius 2 is 1.90 bits per heavy atom. The monoisotopic (exact) mass is 294 g/mol. The summed E-state index contributed by atoms with van der Waals surface area (Å²) in [6.45, 7) is 3.62. The first-order chi connectivity index (χ1) is 9.22. The molecule has 3 saturated heterocycles. The van der Waals surface area contributed by atoms with Crippen LogP contribution in [0.5, 0.6) is 0 Å². The van der Waals surface area contributed by atoms with Crippen LogP contribution in [0.15, 0.2) is 35.9 Å². The van der Waals surface area contributed by atoms with Crippen molar-refractivity contribution in [1.29, 1.82) is 0 Å². The predicted molar refractivity (Wildman–Crippen MR) is 81.3 cm³/mol. The first-order valence-electron chi connectivity index (χ1n) is 6.87. The van der Waals surface area contributed by atoms with Gasteiger partial charge in [-0.25, -0.2) is 0 Å². The Morgan fingerprint density at radius 3 is 2.40 bits per heavy atom. The van der Waals surface area contributed by atoms with Crippen LogP contribution in [0.2, 0.25) is 0 Å². The highest BCUT2D eigenvalue weighted by atomic mass is 35.5. The van der Waals surface area contributed by atoms with Crippen molar-refractivity contribution in [2.24, 2.45) is 5.92 Å². The summed E-state index contributed by atoms with van der Waals surface area (Å²) in [5.74, 6) is 0.781. The molecular formula is C15H19ClN2O2. The minimum absolute atomic E-state index is 0. The Labute approximate surface area is 125 Å². The van der Waals surface area contributed by atoms with Gasteiger partial charge in [0.05, 0.1) is 4.92 Å². The summed E-state index contributed by atoms with van der Waals surface area (Å²) in [7, 11) is 0. The fourth-order valence-electron chi connectivity index (χ4n) is 3.08. The van der Waals surface area contributed by atoms with Gasteiger partial charge in [0.1, 0.15) is 0 Å². The van der Waals surface area contributed by atoms with E-state index in [1.54, 1.807) is 17.7 Å². The second kappa shape index (κ2) is 6.37. The van der Waals surface area contributed by atoms with Gasteiger partial charge in [0.15, 0.2) is 0 Å². The van der Waals surface area contributed by atoms with Gasteiger partial charge in [-0.05, 0) is 43.8 Å². The highest BCUT2D eigenvalue weighted by Gasteiger charge is 2.28. The Hall–Kier alpha value is -1.39. The number of benzene rings is 1. The highest BCUT2D eigenvalue weighted by Crippen LogP contribution is 2.31. The summed E-state index contributed by atoms with van der Waals surface area (Å²) in [5.41, 5.74) is 2.88. The van der Waals surface area contributed by atoms with Crippen molar-refractivity contribution < 1.29 is 4.92 Å². The molecule has 0 aromatic heterocycles. The van der Waals surface area contributed by atoms with E-state index in [2.05, 4.69) is 11.0 Å². The molecule has 1 aromatic rings. The van der Waals surface area contributed by atoms with Gasteiger partial charge in [0.25, 0.3) is 5.69 Å². The van der Waals surface area contributed by atoms with Crippen LogP contribution >= 0.6 is 12.4 Å². The molecule has 108 valence electrons. The molecule has 0 unspecified atom stereocenters. The average molecular weight is 295 g/mol. The standard InChI is InChI=1S/C15H18N2O2.ClH/c18-17(19)15-5-2-12(3-6-15)1-4-14-11-16-9-7-13(14)8-10-16;/h2-6,13H,1,7-11H2;1H. The van der Waals surface area contributed by atoms with Gasteiger partial charge in [0.2, 0.25) is 0 Å². The van der Waals surface area contributed by atoms with Crippen LogP contribution in [0.3, 0.4) is 0 Å². The van der Waals surface area contributed by atoms with E-state index < -0.39 is 0 Å². The quantitative estimate of drug-likeness (QED) is 0.488. The minimum Gasteiger partial charge on any atom is -0.299 e. The third-order valence-electron chi connectivity index (χ3n) is 4.27. The largest absolute Gasteiger partial charge is 0.299 e. The maximum absolute atomic E-state index is 10.6. The zero-order valence-electron chi connectivity index (χ0n) is 11.3. The maximum Gasteiger partial charge on any atom is 0.269 e. The molecule has 3 heterocycles. The van der Waals surface area contributed by atoms with Crippen LogP contribution in [0, 0.1) is 16.0 Å². The lowest BCUT2D eigenvalue weighted by molar-refractivity contribution is -0.384. The van der Waals surface area contributed by atoms with Gasteiger partial charge in [-0.1, -0.05) is 23.8 Å². The predicted octanol–water partition coefficient (Wildman–Crippen LogP) is 3.21. The van der Waals surface area contributed by atoms with Crippen LogP contribution in [-0.4, -0.2) is 29.5 Å². The number of nitro benzene ring substituents is 1. The Morgan fingerprint density at radius 1 is 1.25 bits per heavy atom. The summed E-state index contributed by atoms with van der Waals surface area (Å²) in [6.07, 6.45) is 5.81. The second-order valence-corrected chi connectivity index (χ2v) is 5.46. The minimum atomic E-state index is -0.352. The lowest BCUT2D eigenvalue weighted by atomic mass is 9.83. The number of hydrogen-bond donors (Lipinski definition) is 0. The SMILES string of the molecule is Cl.O=[N+]([O-])c1ccc(CC=C2CN3CCC2CC3)cc1. The molecule has 5 heteroatoms. The molecule has 0 N–H and O–H groups in total. The molecule has 4 nitrogen and oxygen atoms in total. The molecule has 1 aromatic carbocycles.